The number of pyridine rings is 1. The third-order valence-corrected chi connectivity index (χ3v) is 7.01. The van der Waals surface area contributed by atoms with Crippen molar-refractivity contribution in [3.8, 4) is 16.3 Å². The molecule has 1 aliphatic rings. The lowest BCUT2D eigenvalue weighted by molar-refractivity contribution is 0.0250. The number of carbonyl (C=O) groups excluding carboxylic acids is 1. The molecular formula is C24H25F2N3O4S. The van der Waals surface area contributed by atoms with Gasteiger partial charge in [0.15, 0.2) is 11.4 Å². The molecule has 1 amide bonds. The molecule has 0 fully saturated rings. The van der Waals surface area contributed by atoms with Crippen LogP contribution < -0.4 is 5.43 Å². The average Bonchev–Trinajstić information content (AvgIpc) is 3.23. The van der Waals surface area contributed by atoms with Crippen LogP contribution in [0.1, 0.15) is 41.7 Å². The fraction of sp³-hybridized carbons (Fsp3) is 0.375. The summed E-state index contributed by atoms with van der Waals surface area (Å²) in [7, 11) is 1.55. The minimum atomic E-state index is -0.737. The van der Waals surface area contributed by atoms with Crippen LogP contribution in [0.5, 0.6) is 5.75 Å². The Kier molecular flexibility index (Phi) is 6.30. The van der Waals surface area contributed by atoms with E-state index in [2.05, 4.69) is 4.98 Å². The van der Waals surface area contributed by atoms with Crippen molar-refractivity contribution in [1.82, 2.24) is 14.5 Å². The lowest BCUT2D eigenvalue weighted by Crippen LogP contribution is -2.57. The first kappa shape index (κ1) is 24.0. The van der Waals surface area contributed by atoms with Crippen molar-refractivity contribution in [1.29, 1.82) is 0 Å². The number of benzene rings is 1. The summed E-state index contributed by atoms with van der Waals surface area (Å²) >= 11 is 1.16. The third kappa shape index (κ3) is 4.12. The van der Waals surface area contributed by atoms with Gasteiger partial charge in [0.05, 0.1) is 17.7 Å². The van der Waals surface area contributed by atoms with Crippen molar-refractivity contribution in [2.75, 3.05) is 20.3 Å². The molecule has 2 aromatic heterocycles. The zero-order chi connectivity index (χ0) is 24.8. The number of hydrogen-bond acceptors (Lipinski definition) is 6. The third-order valence-electron chi connectivity index (χ3n) is 5.98. The molecule has 7 nitrogen and oxygen atoms in total. The summed E-state index contributed by atoms with van der Waals surface area (Å²) in [5.41, 5.74) is -1.10. The van der Waals surface area contributed by atoms with Crippen LogP contribution in [0.4, 0.5) is 8.78 Å². The second-order valence-corrected chi connectivity index (χ2v) is 10.1. The molecule has 0 saturated heterocycles. The number of ether oxygens (including phenoxy) is 1. The first-order valence-corrected chi connectivity index (χ1v) is 11.6. The summed E-state index contributed by atoms with van der Waals surface area (Å²) < 4.78 is 34.3. The van der Waals surface area contributed by atoms with Gasteiger partial charge in [-0.2, -0.15) is 0 Å². The molecule has 1 aromatic carbocycles. The molecule has 3 aromatic rings. The summed E-state index contributed by atoms with van der Waals surface area (Å²) in [6.07, 6.45) is 3.22. The topological polar surface area (TPSA) is 84.7 Å². The predicted octanol–water partition coefficient (Wildman–Crippen LogP) is 3.77. The second kappa shape index (κ2) is 8.92. The van der Waals surface area contributed by atoms with E-state index in [1.807, 2.05) is 20.8 Å². The molecule has 0 saturated carbocycles. The van der Waals surface area contributed by atoms with Crippen molar-refractivity contribution >= 4 is 17.2 Å². The number of fused-ring (bicyclic) bond motifs is 1. The van der Waals surface area contributed by atoms with Gasteiger partial charge in [0.25, 0.3) is 5.91 Å². The standard InChI is InChI=1S/C24H25F2N3O4S/c1-13(2)28-11-24(3,12-33-4)29-10-17(20(30)21(31)19(29)23(28)32)22-27-9-16(34-22)7-14-5-6-15(25)8-18(14)26/h5-6,8-10,13,31H,7,11-12H2,1-4H3. The Bertz CT molecular complexity index is 1320. The Morgan fingerprint density at radius 3 is 2.68 bits per heavy atom. The molecule has 34 heavy (non-hydrogen) atoms. The van der Waals surface area contributed by atoms with Gasteiger partial charge in [-0.05, 0) is 32.4 Å². The molecule has 0 spiro atoms. The molecule has 0 bridgehead atoms. The van der Waals surface area contributed by atoms with Crippen LogP contribution in [0.15, 0.2) is 35.4 Å². The van der Waals surface area contributed by atoms with Gasteiger partial charge in [-0.15, -0.1) is 11.3 Å². The maximum Gasteiger partial charge on any atom is 0.274 e. The van der Waals surface area contributed by atoms with Gasteiger partial charge >= 0.3 is 0 Å². The van der Waals surface area contributed by atoms with Crippen molar-refractivity contribution in [3.05, 3.63) is 68.6 Å². The second-order valence-electron chi connectivity index (χ2n) is 8.94. The van der Waals surface area contributed by atoms with Gasteiger partial charge < -0.3 is 19.3 Å². The van der Waals surface area contributed by atoms with Crippen molar-refractivity contribution in [2.24, 2.45) is 0 Å². The van der Waals surface area contributed by atoms with Crippen LogP contribution >= 0.6 is 11.3 Å². The molecular weight excluding hydrogens is 464 g/mol. The van der Waals surface area contributed by atoms with Crippen LogP contribution in [0.3, 0.4) is 0 Å². The van der Waals surface area contributed by atoms with Crippen LogP contribution in [0.2, 0.25) is 0 Å². The largest absolute Gasteiger partial charge is 0.503 e. The van der Waals surface area contributed by atoms with E-state index in [9.17, 15) is 23.5 Å². The molecule has 1 N–H and O–H groups in total. The number of methoxy groups -OCH3 is 1. The summed E-state index contributed by atoms with van der Waals surface area (Å²) in [6.45, 7) is 6.20. The number of rotatable bonds is 6. The summed E-state index contributed by atoms with van der Waals surface area (Å²) in [5.74, 6) is -2.40. The van der Waals surface area contributed by atoms with Gasteiger partial charge in [0.2, 0.25) is 5.43 Å². The van der Waals surface area contributed by atoms with Crippen LogP contribution in [-0.4, -0.2) is 51.8 Å². The lowest BCUT2D eigenvalue weighted by atomic mass is 9.95. The fourth-order valence-electron chi connectivity index (χ4n) is 4.24. The lowest BCUT2D eigenvalue weighted by Gasteiger charge is -2.44. The van der Waals surface area contributed by atoms with Gasteiger partial charge in [-0.1, -0.05) is 6.07 Å². The number of aromatic nitrogens is 2. The fourth-order valence-corrected chi connectivity index (χ4v) is 5.19. The van der Waals surface area contributed by atoms with E-state index in [0.29, 0.717) is 22.0 Å². The number of nitrogens with zero attached hydrogens (tertiary/aromatic N) is 3. The zero-order valence-electron chi connectivity index (χ0n) is 19.3. The van der Waals surface area contributed by atoms with E-state index >= 15 is 0 Å². The zero-order valence-corrected chi connectivity index (χ0v) is 20.1. The Hall–Kier alpha value is -3.11. The van der Waals surface area contributed by atoms with E-state index in [0.717, 1.165) is 17.4 Å². The molecule has 1 unspecified atom stereocenters. The Labute approximate surface area is 199 Å². The summed E-state index contributed by atoms with van der Waals surface area (Å²) in [4.78, 5) is 32.8. The highest BCUT2D eigenvalue weighted by Crippen LogP contribution is 2.35. The number of aromatic hydroxyl groups is 1. The molecule has 10 heteroatoms. The molecule has 1 aliphatic heterocycles. The Morgan fingerprint density at radius 1 is 1.29 bits per heavy atom. The molecule has 4 rings (SSSR count). The van der Waals surface area contributed by atoms with E-state index < -0.39 is 34.3 Å². The van der Waals surface area contributed by atoms with Gasteiger partial charge in [-0.25, -0.2) is 13.8 Å². The highest BCUT2D eigenvalue weighted by atomic mass is 32.1. The first-order valence-electron chi connectivity index (χ1n) is 10.7. The van der Waals surface area contributed by atoms with Gasteiger partial charge in [-0.3, -0.25) is 9.59 Å². The number of carbonyl (C=O) groups is 1. The Balaban J connectivity index is 1.79. The van der Waals surface area contributed by atoms with Crippen molar-refractivity contribution in [3.63, 3.8) is 0 Å². The first-order chi connectivity index (χ1) is 16.1. The minimum absolute atomic E-state index is 0.0848. The maximum atomic E-state index is 14.1. The monoisotopic (exact) mass is 489 g/mol. The number of hydrogen-bond donors (Lipinski definition) is 1. The predicted molar refractivity (Wildman–Crippen MR) is 124 cm³/mol. The highest BCUT2D eigenvalue weighted by Gasteiger charge is 2.42. The maximum absolute atomic E-state index is 14.1. The summed E-state index contributed by atoms with van der Waals surface area (Å²) in [6, 6.07) is 3.23. The minimum Gasteiger partial charge on any atom is -0.503 e. The quantitative estimate of drug-likeness (QED) is 0.570. The smallest absolute Gasteiger partial charge is 0.274 e. The van der Waals surface area contributed by atoms with Crippen molar-refractivity contribution in [2.45, 2.75) is 38.8 Å². The van der Waals surface area contributed by atoms with E-state index in [-0.39, 0.29) is 30.3 Å². The van der Waals surface area contributed by atoms with Gasteiger partial charge in [0.1, 0.15) is 16.6 Å². The van der Waals surface area contributed by atoms with Gasteiger partial charge in [0, 0.05) is 49.5 Å². The van der Waals surface area contributed by atoms with E-state index in [1.54, 1.807) is 16.6 Å². The van der Waals surface area contributed by atoms with Crippen LogP contribution in [0, 0.1) is 11.6 Å². The molecule has 1 atom stereocenters. The average molecular weight is 490 g/mol. The van der Waals surface area contributed by atoms with Crippen LogP contribution in [-0.2, 0) is 16.7 Å². The molecule has 0 aliphatic carbocycles. The molecule has 3 heterocycles. The van der Waals surface area contributed by atoms with Crippen LogP contribution in [0.25, 0.3) is 10.6 Å². The Morgan fingerprint density at radius 2 is 2.03 bits per heavy atom. The number of thiazole rings is 1. The highest BCUT2D eigenvalue weighted by molar-refractivity contribution is 7.15. The van der Waals surface area contributed by atoms with Crippen molar-refractivity contribution < 1.29 is 23.4 Å². The SMILES string of the molecule is COCC1(C)CN(C(C)C)C(=O)c2c(O)c(=O)c(-c3ncc(Cc4ccc(F)cc4F)s3)cn21. The van der Waals surface area contributed by atoms with E-state index in [4.69, 9.17) is 4.74 Å². The summed E-state index contributed by atoms with van der Waals surface area (Å²) in [5, 5.41) is 11.2. The number of amides is 1. The molecule has 0 radical (unpaired) electrons. The number of halogens is 2. The normalized spacial score (nSPS) is 18.0. The molecule has 180 valence electrons. The van der Waals surface area contributed by atoms with E-state index in [1.165, 1.54) is 24.5 Å².